The minimum Gasteiger partial charge on any atom is -0.496 e. The third-order valence-electron chi connectivity index (χ3n) is 5.50. The molecule has 2 aromatic rings. The lowest BCUT2D eigenvalue weighted by molar-refractivity contribution is -0.124. The van der Waals surface area contributed by atoms with Gasteiger partial charge < -0.3 is 10.1 Å². The van der Waals surface area contributed by atoms with Gasteiger partial charge in [-0.2, -0.15) is 0 Å². The van der Waals surface area contributed by atoms with Gasteiger partial charge in [0, 0.05) is 11.1 Å². The first-order valence-electron chi connectivity index (χ1n) is 8.66. The molecule has 7 heteroatoms. The molecule has 2 aliphatic rings. The van der Waals surface area contributed by atoms with Gasteiger partial charge in [-0.1, -0.05) is 18.2 Å². The molecule has 0 unspecified atom stereocenters. The number of rotatable bonds is 4. The molecule has 0 spiro atoms. The van der Waals surface area contributed by atoms with Crippen molar-refractivity contribution < 1.29 is 17.9 Å². The van der Waals surface area contributed by atoms with Gasteiger partial charge in [0.05, 0.1) is 23.8 Å². The molecule has 0 bridgehead atoms. The van der Waals surface area contributed by atoms with Crippen LogP contribution in [0.2, 0.25) is 0 Å². The Bertz CT molecular complexity index is 959. The van der Waals surface area contributed by atoms with Crippen LogP contribution in [0.5, 0.6) is 5.75 Å². The van der Waals surface area contributed by atoms with Crippen molar-refractivity contribution in [3.63, 3.8) is 0 Å². The molecule has 2 atom stereocenters. The number of hydrogen-bond acceptors (Lipinski definition) is 5. The van der Waals surface area contributed by atoms with Crippen LogP contribution in [0.3, 0.4) is 0 Å². The number of fused-ring (bicyclic) bond motifs is 1. The largest absolute Gasteiger partial charge is 0.496 e. The van der Waals surface area contributed by atoms with E-state index in [1.54, 1.807) is 19.4 Å². The summed E-state index contributed by atoms with van der Waals surface area (Å²) in [5, 5.41) is 4.41. The Hall–Kier alpha value is -1.86. The topological polar surface area (TPSA) is 72.5 Å². The van der Waals surface area contributed by atoms with Gasteiger partial charge in [0.15, 0.2) is 9.84 Å². The van der Waals surface area contributed by atoms with Gasteiger partial charge in [0.1, 0.15) is 9.96 Å². The minimum absolute atomic E-state index is 0.0457. The standard InChI is InChI=1S/C19H21NO4S2/c1-12-11-15(13-7-10-25-17(13)26(12,22)23)20-18(21)19(8-9-19)14-5-3-4-6-16(14)24-2/h3-7,10,12,15H,8-9,11H2,1-2H3,(H,20,21)/t12-,15-/m0/s1. The fraction of sp³-hybridized carbons (Fsp3) is 0.421. The zero-order chi connectivity index (χ0) is 18.5. The third-order valence-corrected chi connectivity index (χ3v) is 9.21. The first-order chi connectivity index (χ1) is 12.4. The van der Waals surface area contributed by atoms with Crippen LogP contribution in [0.25, 0.3) is 0 Å². The number of amides is 1. The van der Waals surface area contributed by atoms with Crippen molar-refractivity contribution in [1.82, 2.24) is 5.32 Å². The number of carbonyl (C=O) groups is 1. The monoisotopic (exact) mass is 391 g/mol. The highest BCUT2D eigenvalue weighted by molar-refractivity contribution is 7.94. The maximum Gasteiger partial charge on any atom is 0.231 e. The zero-order valence-corrected chi connectivity index (χ0v) is 16.3. The molecule has 1 saturated carbocycles. The number of methoxy groups -OCH3 is 1. The highest BCUT2D eigenvalue weighted by Crippen LogP contribution is 2.52. The van der Waals surface area contributed by atoms with Crippen LogP contribution in [0.1, 0.15) is 43.4 Å². The molecule has 5 nitrogen and oxygen atoms in total. The van der Waals surface area contributed by atoms with E-state index in [2.05, 4.69) is 5.32 Å². The number of thiophene rings is 1. The summed E-state index contributed by atoms with van der Waals surface area (Å²) in [7, 11) is -1.67. The predicted molar refractivity (Wildman–Crippen MR) is 100 cm³/mol. The van der Waals surface area contributed by atoms with E-state index < -0.39 is 20.5 Å². The lowest BCUT2D eigenvalue weighted by Gasteiger charge is -2.29. The quantitative estimate of drug-likeness (QED) is 0.869. The normalized spacial score (nSPS) is 25.2. The number of nitrogens with one attached hydrogen (secondary N) is 1. The Morgan fingerprint density at radius 3 is 2.69 bits per heavy atom. The van der Waals surface area contributed by atoms with Crippen molar-refractivity contribution in [3.05, 3.63) is 46.8 Å². The Morgan fingerprint density at radius 1 is 1.27 bits per heavy atom. The van der Waals surface area contributed by atoms with Gasteiger partial charge in [-0.3, -0.25) is 4.79 Å². The number of benzene rings is 1. The van der Waals surface area contributed by atoms with Crippen molar-refractivity contribution in [1.29, 1.82) is 0 Å². The average Bonchev–Trinajstić information content (AvgIpc) is 3.28. The second kappa shape index (κ2) is 6.09. The second-order valence-corrected chi connectivity index (χ2v) is 10.5. The van der Waals surface area contributed by atoms with Gasteiger partial charge in [-0.05, 0) is 43.7 Å². The van der Waals surface area contributed by atoms with E-state index in [-0.39, 0.29) is 11.9 Å². The lowest BCUT2D eigenvalue weighted by atomic mass is 9.92. The van der Waals surface area contributed by atoms with E-state index in [0.717, 1.165) is 29.7 Å². The molecule has 1 aromatic heterocycles. The fourth-order valence-corrected chi connectivity index (χ4v) is 7.01. The maximum atomic E-state index is 13.2. The molecular formula is C19H21NO4S2. The molecule has 4 rings (SSSR count). The van der Waals surface area contributed by atoms with Crippen molar-refractivity contribution in [2.75, 3.05) is 7.11 Å². The van der Waals surface area contributed by atoms with Crippen LogP contribution in [-0.2, 0) is 20.0 Å². The van der Waals surface area contributed by atoms with Gasteiger partial charge in [0.25, 0.3) is 0 Å². The minimum atomic E-state index is -3.28. The van der Waals surface area contributed by atoms with Crippen LogP contribution in [0.15, 0.2) is 39.9 Å². The molecular weight excluding hydrogens is 370 g/mol. The van der Waals surface area contributed by atoms with Gasteiger partial charge in [-0.25, -0.2) is 8.42 Å². The summed E-state index contributed by atoms with van der Waals surface area (Å²) in [5.41, 5.74) is 1.06. The highest BCUT2D eigenvalue weighted by atomic mass is 32.2. The smallest absolute Gasteiger partial charge is 0.231 e. The molecule has 138 valence electrons. The number of ether oxygens (including phenoxy) is 1. The summed E-state index contributed by atoms with van der Waals surface area (Å²) in [6.45, 7) is 1.71. The van der Waals surface area contributed by atoms with Crippen LogP contribution >= 0.6 is 11.3 Å². The first kappa shape index (κ1) is 17.5. The molecule has 1 fully saturated rings. The fourth-order valence-electron chi connectivity index (χ4n) is 3.78. The molecule has 1 amide bonds. The summed E-state index contributed by atoms with van der Waals surface area (Å²) in [6, 6.07) is 9.16. The van der Waals surface area contributed by atoms with E-state index >= 15 is 0 Å². The maximum absolute atomic E-state index is 13.2. The summed E-state index contributed by atoms with van der Waals surface area (Å²) < 4.78 is 30.8. The van der Waals surface area contributed by atoms with Gasteiger partial charge in [0.2, 0.25) is 5.91 Å². The molecule has 26 heavy (non-hydrogen) atoms. The number of hydrogen-bond donors (Lipinski definition) is 1. The van der Waals surface area contributed by atoms with Crippen molar-refractivity contribution in [3.8, 4) is 5.75 Å². The van der Waals surface area contributed by atoms with Crippen LogP contribution < -0.4 is 10.1 Å². The molecule has 1 aromatic carbocycles. The SMILES string of the molecule is COc1ccccc1C1(C(=O)N[C@H]2C[C@H](C)S(=O)(=O)c3sccc32)CC1. The lowest BCUT2D eigenvalue weighted by Crippen LogP contribution is -2.41. The molecule has 0 saturated heterocycles. The van der Waals surface area contributed by atoms with E-state index in [1.165, 1.54) is 11.3 Å². The van der Waals surface area contributed by atoms with E-state index in [9.17, 15) is 13.2 Å². The highest BCUT2D eigenvalue weighted by Gasteiger charge is 2.53. The number of para-hydroxylation sites is 1. The van der Waals surface area contributed by atoms with Crippen LogP contribution in [-0.4, -0.2) is 26.7 Å². The van der Waals surface area contributed by atoms with Crippen molar-refractivity contribution >= 4 is 27.1 Å². The summed E-state index contributed by atoms with van der Waals surface area (Å²) in [6.07, 6.45) is 1.95. The second-order valence-electron chi connectivity index (χ2n) is 7.06. The average molecular weight is 392 g/mol. The number of carbonyl (C=O) groups excluding carboxylic acids is 1. The summed E-state index contributed by atoms with van der Waals surface area (Å²) in [4.78, 5) is 13.2. The Kier molecular flexibility index (Phi) is 4.11. The Balaban J connectivity index is 1.64. The predicted octanol–water partition coefficient (Wildman–Crippen LogP) is 3.21. The molecule has 1 aliphatic carbocycles. The third kappa shape index (κ3) is 2.56. The first-order valence-corrected chi connectivity index (χ1v) is 11.1. The summed E-state index contributed by atoms with van der Waals surface area (Å²) in [5.74, 6) is 0.673. The van der Waals surface area contributed by atoms with Gasteiger partial charge >= 0.3 is 0 Å². The van der Waals surface area contributed by atoms with E-state index in [1.807, 2.05) is 30.3 Å². The van der Waals surface area contributed by atoms with Crippen LogP contribution in [0.4, 0.5) is 0 Å². The zero-order valence-electron chi connectivity index (χ0n) is 14.7. The summed E-state index contributed by atoms with van der Waals surface area (Å²) >= 11 is 1.23. The van der Waals surface area contributed by atoms with Crippen molar-refractivity contribution in [2.45, 2.75) is 47.1 Å². The molecule has 0 radical (unpaired) electrons. The molecule has 1 aliphatic heterocycles. The van der Waals surface area contributed by atoms with E-state index in [4.69, 9.17) is 4.74 Å². The number of sulfone groups is 1. The Labute approximate surface area is 157 Å². The van der Waals surface area contributed by atoms with Crippen molar-refractivity contribution in [2.24, 2.45) is 0 Å². The molecule has 1 N–H and O–H groups in total. The van der Waals surface area contributed by atoms with Gasteiger partial charge in [-0.15, -0.1) is 11.3 Å². The molecule has 2 heterocycles. The van der Waals surface area contributed by atoms with Crippen LogP contribution in [0, 0.1) is 0 Å². The van der Waals surface area contributed by atoms with E-state index in [0.29, 0.717) is 10.6 Å². The Morgan fingerprint density at radius 2 is 2.00 bits per heavy atom.